The zero-order valence-electron chi connectivity index (χ0n) is 19.8. The van der Waals surface area contributed by atoms with Crippen LogP contribution in [0.4, 0.5) is 0 Å². The van der Waals surface area contributed by atoms with Gasteiger partial charge in [-0.3, -0.25) is 9.59 Å². The molecule has 36 heavy (non-hydrogen) atoms. The first-order valence-corrected chi connectivity index (χ1v) is 12.8. The summed E-state index contributed by atoms with van der Waals surface area (Å²) in [5, 5.41) is 13.2. The summed E-state index contributed by atoms with van der Waals surface area (Å²) in [6, 6.07) is 19.8. The van der Waals surface area contributed by atoms with Crippen molar-refractivity contribution in [2.75, 3.05) is 18.6 Å². The Kier molecular flexibility index (Phi) is 7.80. The molecule has 0 aliphatic carbocycles. The molecular formula is C27H27N3O5S. The Morgan fingerprint density at radius 1 is 1.00 bits per heavy atom. The first kappa shape index (κ1) is 25.1. The lowest BCUT2D eigenvalue weighted by Gasteiger charge is -2.15. The van der Waals surface area contributed by atoms with Gasteiger partial charge in [-0.15, -0.1) is 0 Å². The minimum Gasteiger partial charge on any atom is -0.483 e. The number of hydrogen-bond donors (Lipinski definition) is 3. The van der Waals surface area contributed by atoms with Gasteiger partial charge in [-0.05, 0) is 48.3 Å². The van der Waals surface area contributed by atoms with Gasteiger partial charge in [0.25, 0.3) is 5.91 Å². The number of nitrogens with two attached hydrogens (primary N) is 1. The van der Waals surface area contributed by atoms with Crippen molar-refractivity contribution in [3.63, 3.8) is 0 Å². The number of hydrogen-bond acceptors (Lipinski definition) is 5. The van der Waals surface area contributed by atoms with E-state index in [1.165, 1.54) is 11.8 Å². The highest BCUT2D eigenvalue weighted by atomic mass is 32.2. The number of carbonyl (C=O) groups excluding carboxylic acids is 2. The molecule has 0 saturated heterocycles. The van der Waals surface area contributed by atoms with Crippen LogP contribution in [-0.2, 0) is 16.1 Å². The summed E-state index contributed by atoms with van der Waals surface area (Å²) in [7, 11) is 0. The second kappa shape index (κ2) is 11.2. The number of primary amides is 1. The van der Waals surface area contributed by atoms with Gasteiger partial charge in [0.15, 0.2) is 6.61 Å². The molecule has 0 fully saturated rings. The topological polar surface area (TPSA) is 124 Å². The van der Waals surface area contributed by atoms with Gasteiger partial charge < -0.3 is 25.5 Å². The maximum absolute atomic E-state index is 12.5. The second-order valence-corrected chi connectivity index (χ2v) is 9.30. The molecule has 8 nitrogen and oxygen atoms in total. The predicted octanol–water partition coefficient (Wildman–Crippen LogP) is 3.64. The molecule has 9 heteroatoms. The number of benzene rings is 3. The van der Waals surface area contributed by atoms with E-state index in [9.17, 15) is 19.5 Å². The number of ether oxygens (including phenoxy) is 1. The lowest BCUT2D eigenvalue weighted by Crippen LogP contribution is -2.43. The molecule has 1 heterocycles. The largest absolute Gasteiger partial charge is 0.483 e. The zero-order valence-corrected chi connectivity index (χ0v) is 20.6. The van der Waals surface area contributed by atoms with Gasteiger partial charge in [0.05, 0.1) is 16.4 Å². The number of amides is 2. The molecule has 2 amide bonds. The summed E-state index contributed by atoms with van der Waals surface area (Å²) >= 11 is 1.51. The number of nitrogens with one attached hydrogen (secondary N) is 1. The summed E-state index contributed by atoms with van der Waals surface area (Å²) in [5.74, 6) is -1.18. The zero-order chi connectivity index (χ0) is 25.7. The Balaban J connectivity index is 1.72. The fourth-order valence-electron chi connectivity index (χ4n) is 4.29. The number of nitrogens with zero attached hydrogens (tertiary/aromatic N) is 1. The summed E-state index contributed by atoms with van der Waals surface area (Å²) in [6.07, 6.45) is 2.19. The fourth-order valence-corrected chi connectivity index (χ4v) is 4.76. The molecule has 0 bridgehead atoms. The minimum absolute atomic E-state index is 0.312. The average molecular weight is 506 g/mol. The highest BCUT2D eigenvalue weighted by Crippen LogP contribution is 2.38. The molecule has 1 aromatic heterocycles. The van der Waals surface area contributed by atoms with Gasteiger partial charge >= 0.3 is 5.97 Å². The number of aromatic nitrogens is 1. The van der Waals surface area contributed by atoms with Crippen LogP contribution in [0.1, 0.15) is 22.3 Å². The van der Waals surface area contributed by atoms with Crippen LogP contribution in [0, 0.1) is 0 Å². The standard InChI is InChI=1S/C27H27N3O5S/c1-36-14-13-19(27(33)34)29-23(31)16-35-22-12-6-11-21-25(22)24-18(26(28)32)9-5-10-20(24)30(21)15-17-7-3-2-4-8-17/h2-12,19H,13-16H2,1H3,(H2,28,32)(H,29,31)(H,33,34)/t19-/m1/s1. The normalized spacial score (nSPS) is 11.9. The van der Waals surface area contributed by atoms with E-state index in [0.29, 0.717) is 40.8 Å². The van der Waals surface area contributed by atoms with Crippen molar-refractivity contribution in [3.8, 4) is 5.75 Å². The molecule has 1 atom stereocenters. The number of rotatable bonds is 11. The highest BCUT2D eigenvalue weighted by Gasteiger charge is 2.22. The summed E-state index contributed by atoms with van der Waals surface area (Å²) in [5.41, 5.74) is 8.79. The van der Waals surface area contributed by atoms with Crippen LogP contribution in [0.2, 0.25) is 0 Å². The van der Waals surface area contributed by atoms with Gasteiger partial charge in [0, 0.05) is 17.5 Å². The Bertz CT molecular complexity index is 1420. The van der Waals surface area contributed by atoms with Crippen molar-refractivity contribution in [2.45, 2.75) is 19.0 Å². The van der Waals surface area contributed by atoms with Crippen LogP contribution >= 0.6 is 11.8 Å². The van der Waals surface area contributed by atoms with E-state index in [1.807, 2.05) is 54.8 Å². The second-order valence-electron chi connectivity index (χ2n) is 8.31. The van der Waals surface area contributed by atoms with Crippen LogP contribution in [0.25, 0.3) is 21.8 Å². The van der Waals surface area contributed by atoms with Gasteiger partial charge in [-0.1, -0.05) is 42.5 Å². The van der Waals surface area contributed by atoms with E-state index in [-0.39, 0.29) is 6.61 Å². The third-order valence-electron chi connectivity index (χ3n) is 5.93. The lowest BCUT2D eigenvalue weighted by molar-refractivity contribution is -0.142. The highest BCUT2D eigenvalue weighted by molar-refractivity contribution is 7.98. The molecule has 4 N–H and O–H groups in total. The van der Waals surface area contributed by atoms with Crippen LogP contribution in [-0.4, -0.2) is 52.1 Å². The van der Waals surface area contributed by atoms with E-state index < -0.39 is 23.8 Å². The number of aliphatic carboxylic acids is 1. The Morgan fingerprint density at radius 2 is 1.69 bits per heavy atom. The molecular weight excluding hydrogens is 478 g/mol. The monoisotopic (exact) mass is 505 g/mol. The third kappa shape index (κ3) is 5.31. The minimum atomic E-state index is -1.09. The van der Waals surface area contributed by atoms with E-state index in [4.69, 9.17) is 10.5 Å². The first-order valence-electron chi connectivity index (χ1n) is 11.4. The van der Waals surface area contributed by atoms with Crippen LogP contribution < -0.4 is 15.8 Å². The maximum Gasteiger partial charge on any atom is 0.326 e. The van der Waals surface area contributed by atoms with Gasteiger partial charge in [-0.25, -0.2) is 4.79 Å². The van der Waals surface area contributed by atoms with E-state index >= 15 is 0 Å². The summed E-state index contributed by atoms with van der Waals surface area (Å²) in [4.78, 5) is 36.3. The molecule has 3 aromatic carbocycles. The number of thioether (sulfide) groups is 1. The molecule has 0 aliphatic heterocycles. The molecule has 4 rings (SSSR count). The maximum atomic E-state index is 12.5. The summed E-state index contributed by atoms with van der Waals surface area (Å²) < 4.78 is 7.98. The summed E-state index contributed by atoms with van der Waals surface area (Å²) in [6.45, 7) is 0.189. The first-order chi connectivity index (χ1) is 17.4. The van der Waals surface area contributed by atoms with Gasteiger partial charge in [-0.2, -0.15) is 11.8 Å². The van der Waals surface area contributed by atoms with E-state index in [1.54, 1.807) is 18.2 Å². The quantitative estimate of drug-likeness (QED) is 0.286. The van der Waals surface area contributed by atoms with Crippen molar-refractivity contribution in [1.29, 1.82) is 0 Å². The van der Waals surface area contributed by atoms with Crippen LogP contribution in [0.15, 0.2) is 66.7 Å². The molecule has 0 radical (unpaired) electrons. The molecule has 186 valence electrons. The number of carboxylic acid groups (broad SMARTS) is 1. The molecule has 4 aromatic rings. The van der Waals surface area contributed by atoms with Gasteiger partial charge in [0.2, 0.25) is 5.91 Å². The van der Waals surface area contributed by atoms with Crippen LogP contribution in [0.3, 0.4) is 0 Å². The van der Waals surface area contributed by atoms with E-state index in [2.05, 4.69) is 9.88 Å². The Labute approximate surface area is 212 Å². The number of carboxylic acids is 1. The fraction of sp³-hybridized carbons (Fsp3) is 0.222. The molecule has 0 unspecified atom stereocenters. The van der Waals surface area contributed by atoms with Crippen molar-refractivity contribution in [3.05, 3.63) is 77.9 Å². The van der Waals surface area contributed by atoms with Crippen molar-refractivity contribution < 1.29 is 24.2 Å². The van der Waals surface area contributed by atoms with E-state index in [0.717, 1.165) is 16.6 Å². The number of carbonyl (C=O) groups is 3. The predicted molar refractivity (Wildman–Crippen MR) is 142 cm³/mol. The average Bonchev–Trinajstić information content (AvgIpc) is 3.19. The SMILES string of the molecule is CSCC[C@@H](NC(=O)COc1cccc2c1c1c(C(N)=O)cccc1n2Cc1ccccc1)C(=O)O. The Hall–Kier alpha value is -3.98. The molecule has 0 spiro atoms. The molecule has 0 aliphatic rings. The van der Waals surface area contributed by atoms with Crippen LogP contribution in [0.5, 0.6) is 5.75 Å². The molecule has 0 saturated carbocycles. The smallest absolute Gasteiger partial charge is 0.326 e. The third-order valence-corrected chi connectivity index (χ3v) is 6.57. The Morgan fingerprint density at radius 3 is 2.36 bits per heavy atom. The van der Waals surface area contributed by atoms with Crippen molar-refractivity contribution in [1.82, 2.24) is 9.88 Å². The number of fused-ring (bicyclic) bond motifs is 3. The van der Waals surface area contributed by atoms with Gasteiger partial charge in [0.1, 0.15) is 11.8 Å². The lowest BCUT2D eigenvalue weighted by atomic mass is 10.1. The van der Waals surface area contributed by atoms with Crippen molar-refractivity contribution >= 4 is 51.4 Å². The van der Waals surface area contributed by atoms with Crippen molar-refractivity contribution in [2.24, 2.45) is 5.73 Å².